The van der Waals surface area contributed by atoms with Gasteiger partial charge < -0.3 is 14.8 Å². The Hall–Kier alpha value is -0.120. The van der Waals surface area contributed by atoms with Crippen molar-refractivity contribution in [3.05, 3.63) is 0 Å². The number of fused-ring (bicyclic) bond motifs is 2. The van der Waals surface area contributed by atoms with Crippen LogP contribution in [0.15, 0.2) is 0 Å². The molecule has 0 amide bonds. The van der Waals surface area contributed by atoms with Gasteiger partial charge in [0.15, 0.2) is 0 Å². The van der Waals surface area contributed by atoms with Gasteiger partial charge in [-0.15, -0.1) is 0 Å². The van der Waals surface area contributed by atoms with E-state index in [0.29, 0.717) is 12.0 Å². The summed E-state index contributed by atoms with van der Waals surface area (Å²) in [6.07, 6.45) is 8.44. The molecule has 0 spiro atoms. The van der Waals surface area contributed by atoms with Crippen molar-refractivity contribution in [3.8, 4) is 0 Å². The van der Waals surface area contributed by atoms with Crippen LogP contribution in [0.4, 0.5) is 0 Å². The van der Waals surface area contributed by atoms with Gasteiger partial charge in [-0.3, -0.25) is 0 Å². The highest BCUT2D eigenvalue weighted by molar-refractivity contribution is 5.01. The summed E-state index contributed by atoms with van der Waals surface area (Å²) in [5, 5.41) is 3.44. The van der Waals surface area contributed by atoms with Gasteiger partial charge in [0.25, 0.3) is 0 Å². The summed E-state index contributed by atoms with van der Waals surface area (Å²) in [5.74, 6) is 2.01. The molecule has 3 nitrogen and oxygen atoms in total. The van der Waals surface area contributed by atoms with E-state index in [1.165, 1.54) is 45.1 Å². The Balaban J connectivity index is 1.70. The summed E-state index contributed by atoms with van der Waals surface area (Å²) in [7, 11) is 3.82. The van der Waals surface area contributed by atoms with Crippen LogP contribution >= 0.6 is 0 Å². The predicted octanol–water partition coefficient (Wildman–Crippen LogP) is 2.46. The summed E-state index contributed by atoms with van der Waals surface area (Å²) in [4.78, 5) is 0. The minimum absolute atomic E-state index is 0.586. The highest BCUT2D eigenvalue weighted by atomic mass is 16.5. The molecular formula is C15H29NO2. The Morgan fingerprint density at radius 2 is 2.11 bits per heavy atom. The molecule has 0 aromatic heterocycles. The quantitative estimate of drug-likeness (QED) is 0.642. The molecule has 106 valence electrons. The molecule has 1 N–H and O–H groups in total. The van der Waals surface area contributed by atoms with Crippen LogP contribution in [0.3, 0.4) is 0 Å². The first-order valence-electron chi connectivity index (χ1n) is 7.52. The summed E-state index contributed by atoms with van der Waals surface area (Å²) < 4.78 is 10.6. The highest BCUT2D eigenvalue weighted by Crippen LogP contribution is 2.57. The molecule has 2 aliphatic rings. The van der Waals surface area contributed by atoms with Crippen molar-refractivity contribution in [1.29, 1.82) is 0 Å². The number of nitrogens with one attached hydrogen (secondary N) is 1. The maximum Gasteiger partial charge on any atom is 0.0700 e. The minimum atomic E-state index is 0.586. The first kappa shape index (κ1) is 14.3. The number of ether oxygens (including phenoxy) is 2. The Bertz CT molecular complexity index is 247. The third-order valence-corrected chi connectivity index (χ3v) is 5.03. The van der Waals surface area contributed by atoms with E-state index in [9.17, 15) is 0 Å². The van der Waals surface area contributed by atoms with E-state index >= 15 is 0 Å². The van der Waals surface area contributed by atoms with E-state index in [4.69, 9.17) is 9.47 Å². The van der Waals surface area contributed by atoms with Crippen LogP contribution < -0.4 is 5.32 Å². The van der Waals surface area contributed by atoms with Crippen LogP contribution in [0.5, 0.6) is 0 Å². The number of methoxy groups -OCH3 is 1. The van der Waals surface area contributed by atoms with Crippen molar-refractivity contribution in [2.45, 2.75) is 38.5 Å². The van der Waals surface area contributed by atoms with Gasteiger partial charge in [-0.1, -0.05) is 6.42 Å². The van der Waals surface area contributed by atoms with Crippen LogP contribution in [-0.4, -0.2) is 40.5 Å². The first-order chi connectivity index (χ1) is 8.80. The van der Waals surface area contributed by atoms with Crippen molar-refractivity contribution in [3.63, 3.8) is 0 Å². The van der Waals surface area contributed by atoms with E-state index in [-0.39, 0.29) is 0 Å². The maximum absolute atomic E-state index is 5.59. The van der Waals surface area contributed by atoms with E-state index in [0.717, 1.165) is 25.0 Å². The lowest BCUT2D eigenvalue weighted by Gasteiger charge is -2.38. The van der Waals surface area contributed by atoms with Crippen LogP contribution in [-0.2, 0) is 9.47 Å². The van der Waals surface area contributed by atoms with E-state index in [2.05, 4.69) is 12.4 Å². The molecule has 2 aliphatic carbocycles. The van der Waals surface area contributed by atoms with Gasteiger partial charge in [0.1, 0.15) is 0 Å². The Morgan fingerprint density at radius 3 is 2.72 bits per heavy atom. The van der Waals surface area contributed by atoms with Crippen molar-refractivity contribution < 1.29 is 9.47 Å². The molecule has 2 bridgehead atoms. The molecule has 0 aliphatic heterocycles. The van der Waals surface area contributed by atoms with Gasteiger partial charge in [0, 0.05) is 20.3 Å². The second-order valence-corrected chi connectivity index (χ2v) is 6.18. The molecule has 0 heterocycles. The van der Waals surface area contributed by atoms with E-state index in [1.54, 1.807) is 7.11 Å². The highest BCUT2D eigenvalue weighted by Gasteiger charge is 2.49. The molecule has 2 rings (SSSR count). The topological polar surface area (TPSA) is 30.5 Å². The standard InChI is InChI=1S/C15H29NO2/c1-16-12-15(6-3-7-18-9-8-17-2)11-13-4-5-14(15)10-13/h13-14,16H,3-12H2,1-2H3. The van der Waals surface area contributed by atoms with Crippen molar-refractivity contribution in [2.75, 3.05) is 40.5 Å². The molecule has 0 aromatic rings. The second kappa shape index (κ2) is 6.88. The summed E-state index contributed by atoms with van der Waals surface area (Å²) in [6, 6.07) is 0. The molecule has 0 saturated heterocycles. The molecule has 0 aromatic carbocycles. The van der Waals surface area contributed by atoms with Crippen LogP contribution in [0.2, 0.25) is 0 Å². The fourth-order valence-electron chi connectivity index (χ4n) is 4.29. The molecule has 3 unspecified atom stereocenters. The van der Waals surface area contributed by atoms with Crippen molar-refractivity contribution in [2.24, 2.45) is 17.3 Å². The predicted molar refractivity (Wildman–Crippen MR) is 73.7 cm³/mol. The Labute approximate surface area is 112 Å². The van der Waals surface area contributed by atoms with E-state index in [1.807, 2.05) is 0 Å². The van der Waals surface area contributed by atoms with Gasteiger partial charge >= 0.3 is 0 Å². The fourth-order valence-corrected chi connectivity index (χ4v) is 4.29. The number of rotatable bonds is 9. The van der Waals surface area contributed by atoms with Gasteiger partial charge in [-0.25, -0.2) is 0 Å². The second-order valence-electron chi connectivity index (χ2n) is 6.18. The molecule has 3 heteroatoms. The monoisotopic (exact) mass is 255 g/mol. The molecular weight excluding hydrogens is 226 g/mol. The number of hydrogen-bond donors (Lipinski definition) is 1. The summed E-state index contributed by atoms with van der Waals surface area (Å²) in [5.41, 5.74) is 0.586. The van der Waals surface area contributed by atoms with Gasteiger partial charge in [-0.05, 0) is 56.4 Å². The third kappa shape index (κ3) is 3.25. The van der Waals surface area contributed by atoms with Crippen LogP contribution in [0.1, 0.15) is 38.5 Å². The zero-order valence-corrected chi connectivity index (χ0v) is 12.0. The normalized spacial score (nSPS) is 34.3. The average molecular weight is 255 g/mol. The molecule has 2 saturated carbocycles. The van der Waals surface area contributed by atoms with Crippen LogP contribution in [0.25, 0.3) is 0 Å². The Morgan fingerprint density at radius 1 is 1.22 bits per heavy atom. The average Bonchev–Trinajstić information content (AvgIpc) is 2.95. The maximum atomic E-state index is 5.59. The van der Waals surface area contributed by atoms with Gasteiger partial charge in [-0.2, -0.15) is 0 Å². The molecule has 3 atom stereocenters. The lowest BCUT2D eigenvalue weighted by atomic mass is 9.70. The molecule has 18 heavy (non-hydrogen) atoms. The fraction of sp³-hybridized carbons (Fsp3) is 1.00. The Kier molecular flexibility index (Phi) is 5.46. The van der Waals surface area contributed by atoms with Gasteiger partial charge in [0.05, 0.1) is 13.2 Å². The van der Waals surface area contributed by atoms with E-state index < -0.39 is 0 Å². The number of hydrogen-bond acceptors (Lipinski definition) is 3. The largest absolute Gasteiger partial charge is 0.382 e. The first-order valence-corrected chi connectivity index (χ1v) is 7.52. The van der Waals surface area contributed by atoms with Crippen molar-refractivity contribution >= 4 is 0 Å². The smallest absolute Gasteiger partial charge is 0.0700 e. The molecule has 0 radical (unpaired) electrons. The molecule has 2 fully saturated rings. The van der Waals surface area contributed by atoms with Gasteiger partial charge in [0.2, 0.25) is 0 Å². The summed E-state index contributed by atoms with van der Waals surface area (Å²) >= 11 is 0. The SMILES string of the molecule is CNCC1(CCCOCCOC)CC2CCC1C2. The van der Waals surface area contributed by atoms with Crippen LogP contribution in [0, 0.1) is 17.3 Å². The third-order valence-electron chi connectivity index (χ3n) is 5.03. The lowest BCUT2D eigenvalue weighted by molar-refractivity contribution is 0.0570. The zero-order chi connectivity index (χ0) is 12.8. The zero-order valence-electron chi connectivity index (χ0n) is 12.0. The minimum Gasteiger partial charge on any atom is -0.382 e. The summed E-state index contributed by atoms with van der Waals surface area (Å²) in [6.45, 7) is 3.55. The lowest BCUT2D eigenvalue weighted by Crippen LogP contribution is -2.37. The van der Waals surface area contributed by atoms with Crippen molar-refractivity contribution in [1.82, 2.24) is 5.32 Å².